The summed E-state index contributed by atoms with van der Waals surface area (Å²) in [6, 6.07) is 8.21. The van der Waals surface area contributed by atoms with Gasteiger partial charge in [0.15, 0.2) is 0 Å². The van der Waals surface area contributed by atoms with E-state index in [2.05, 4.69) is 242 Å². The minimum Gasteiger partial charge on any atom is -0.341 e. The van der Waals surface area contributed by atoms with E-state index in [0.717, 1.165) is 128 Å². The van der Waals surface area contributed by atoms with Crippen molar-refractivity contribution in [3.63, 3.8) is 0 Å². The van der Waals surface area contributed by atoms with Gasteiger partial charge in [0.1, 0.15) is 6.17 Å². The lowest BCUT2D eigenvalue weighted by molar-refractivity contribution is 0.0492. The Balaban J connectivity index is 0.000000197. The van der Waals surface area contributed by atoms with Crippen molar-refractivity contribution >= 4 is 5.95 Å². The van der Waals surface area contributed by atoms with Gasteiger partial charge in [-0.25, -0.2) is 14.4 Å². The topological polar surface area (TPSA) is 60.5 Å². The van der Waals surface area contributed by atoms with Gasteiger partial charge >= 0.3 is 0 Å². The van der Waals surface area contributed by atoms with E-state index in [1.165, 1.54) is 226 Å². The number of terminal acetylenes is 1. The molecule has 4 saturated carbocycles. The molecule has 12 aliphatic rings. The summed E-state index contributed by atoms with van der Waals surface area (Å²) in [7, 11) is 0. The fourth-order valence-electron chi connectivity index (χ4n) is 20.1. The third kappa shape index (κ3) is 35.0. The lowest BCUT2D eigenvalue weighted by atomic mass is 9.71. The number of nitrogens with one attached hydrogen (secondary N) is 1. The Morgan fingerprint density at radius 2 is 0.809 bits per heavy atom. The van der Waals surface area contributed by atoms with Crippen molar-refractivity contribution in [2.45, 2.75) is 409 Å². The van der Waals surface area contributed by atoms with E-state index >= 15 is 0 Å². The molecule has 0 spiro atoms. The van der Waals surface area contributed by atoms with E-state index in [-0.39, 0.29) is 0 Å². The first kappa shape index (κ1) is 96.9. The first-order chi connectivity index (χ1) is 51.1. The average Bonchev–Trinajstić information content (AvgIpc) is 1.61. The number of hydrogen-bond acceptors (Lipinski definition) is 10. The second kappa shape index (κ2) is 43.7. The van der Waals surface area contributed by atoms with Gasteiger partial charge in [-0.1, -0.05) is 185 Å². The van der Waals surface area contributed by atoms with E-state index < -0.39 is 6.17 Å². The van der Waals surface area contributed by atoms with Gasteiger partial charge in [-0.05, 0) is 330 Å². The van der Waals surface area contributed by atoms with E-state index in [1.54, 1.807) is 6.92 Å². The Hall–Kier alpha value is -1.91. The molecule has 0 aromatic carbocycles. The van der Waals surface area contributed by atoms with Gasteiger partial charge in [0.05, 0.1) is 6.54 Å². The monoisotopic (exact) mass is 1540 g/mol. The molecule has 2 bridgehead atoms. The molecule has 8 unspecified atom stereocenters. The summed E-state index contributed by atoms with van der Waals surface area (Å²) < 4.78 is 12.8. The molecule has 11 heteroatoms. The number of halogens is 1. The van der Waals surface area contributed by atoms with Crippen molar-refractivity contribution in [2.75, 3.05) is 103 Å². The smallest absolute Gasteiger partial charge is 0.225 e. The molecule has 1 N–H and O–H groups in total. The van der Waals surface area contributed by atoms with E-state index in [4.69, 9.17) is 6.42 Å². The van der Waals surface area contributed by atoms with Crippen LogP contribution < -0.4 is 10.2 Å². The highest BCUT2D eigenvalue weighted by molar-refractivity contribution is 5.29. The Morgan fingerprint density at radius 1 is 0.400 bits per heavy atom. The zero-order chi connectivity index (χ0) is 81.8. The molecular formula is C99H187FN10. The van der Waals surface area contributed by atoms with Crippen molar-refractivity contribution in [1.82, 2.24) is 44.7 Å². The molecule has 1 aromatic heterocycles. The number of alkyl halides is 1. The maximum absolute atomic E-state index is 12.8. The predicted octanol–water partition coefficient (Wildman–Crippen LogP) is 23.8. The molecule has 4 aliphatic carbocycles. The molecule has 8 aliphatic heterocycles. The SMILES string of the molecule is C#CCN1CCC(C(C)(C)C)CC1.CC(C)(C)C1CC2CCC(C1)N2C1CC1.CC(C)(C)C1CCCC(NC2CC2)C1.CC(C)(C)C1CCCN(C2CC2)C1.CC(C)(C)C1CCN(c2ncccn2)CC1.CC(C)N1CCCC(C(C)(C)C)C1.CC(F)CN1CCC(C(C)(C)C)CC1.CCN1CCCC(C(C)(C)C)C1. The maximum atomic E-state index is 12.8. The first-order valence-corrected chi connectivity index (χ1v) is 46.9. The molecule has 9 heterocycles. The van der Waals surface area contributed by atoms with Crippen LogP contribution in [0.4, 0.5) is 10.3 Å². The first-order valence-electron chi connectivity index (χ1n) is 46.9. The molecule has 640 valence electrons. The molecule has 110 heavy (non-hydrogen) atoms. The normalized spacial score (nSPS) is 28.4. The van der Waals surface area contributed by atoms with Gasteiger partial charge in [0.2, 0.25) is 5.95 Å². The third-order valence-electron chi connectivity index (χ3n) is 29.3. The van der Waals surface area contributed by atoms with Crippen molar-refractivity contribution in [2.24, 2.45) is 90.7 Å². The van der Waals surface area contributed by atoms with Crippen LogP contribution in [0.5, 0.6) is 0 Å². The fourth-order valence-corrected chi connectivity index (χ4v) is 20.1. The van der Waals surface area contributed by atoms with Crippen LogP contribution in [0, 0.1) is 103 Å². The van der Waals surface area contributed by atoms with Crippen LogP contribution in [-0.4, -0.2) is 186 Å². The second-order valence-corrected chi connectivity index (χ2v) is 46.8. The Morgan fingerprint density at radius 3 is 1.23 bits per heavy atom. The Bertz CT molecular complexity index is 2620. The molecular weight excluding hydrogens is 1350 g/mol. The van der Waals surface area contributed by atoms with Gasteiger partial charge in [0, 0.05) is 94.0 Å². The number of piperidine rings is 7. The van der Waals surface area contributed by atoms with Crippen molar-refractivity contribution in [1.29, 1.82) is 0 Å². The summed E-state index contributed by atoms with van der Waals surface area (Å²) >= 11 is 0. The van der Waals surface area contributed by atoms with E-state index in [0.29, 0.717) is 49.9 Å². The number of nitrogens with zero attached hydrogens (tertiary/aromatic N) is 9. The van der Waals surface area contributed by atoms with Crippen molar-refractivity contribution < 1.29 is 4.39 Å². The highest BCUT2D eigenvalue weighted by Gasteiger charge is 2.49. The predicted molar refractivity (Wildman–Crippen MR) is 478 cm³/mol. The highest BCUT2D eigenvalue weighted by atomic mass is 19.1. The number of aromatic nitrogens is 2. The molecule has 12 fully saturated rings. The zero-order valence-corrected chi connectivity index (χ0v) is 78.4. The molecule has 10 nitrogen and oxygen atoms in total. The molecule has 0 amide bonds. The summed E-state index contributed by atoms with van der Waals surface area (Å²) in [4.78, 5) is 26.4. The summed E-state index contributed by atoms with van der Waals surface area (Å²) in [6.07, 6.45) is 44.8. The third-order valence-corrected chi connectivity index (χ3v) is 29.3. The van der Waals surface area contributed by atoms with Gasteiger partial charge in [0.25, 0.3) is 0 Å². The van der Waals surface area contributed by atoms with Gasteiger partial charge < -0.3 is 29.8 Å². The van der Waals surface area contributed by atoms with Crippen LogP contribution in [0.1, 0.15) is 361 Å². The number of hydrogen-bond donors (Lipinski definition) is 1. The number of likely N-dealkylation sites (tertiary alicyclic amines) is 5. The summed E-state index contributed by atoms with van der Waals surface area (Å²) in [6.45, 7) is 82.8. The molecule has 0 radical (unpaired) electrons. The number of anilines is 1. The molecule has 1 aromatic rings. The Kier molecular flexibility index (Phi) is 38.5. The van der Waals surface area contributed by atoms with Crippen molar-refractivity contribution in [3.8, 4) is 12.3 Å². The van der Waals surface area contributed by atoms with Crippen LogP contribution in [0.2, 0.25) is 0 Å². The largest absolute Gasteiger partial charge is 0.341 e. The van der Waals surface area contributed by atoms with Crippen LogP contribution in [0.25, 0.3) is 0 Å². The van der Waals surface area contributed by atoms with Crippen LogP contribution in [0.3, 0.4) is 0 Å². The van der Waals surface area contributed by atoms with E-state index in [1.807, 2.05) is 18.5 Å². The zero-order valence-electron chi connectivity index (χ0n) is 78.4. The minimum absolute atomic E-state index is 0.424. The van der Waals surface area contributed by atoms with E-state index in [9.17, 15) is 4.39 Å². The van der Waals surface area contributed by atoms with Crippen LogP contribution in [-0.2, 0) is 0 Å². The standard InChI is InChI=1S/C14H25N.C13H21N3.C13H25N.C12H24FN.C12H23N.C12H25N.C12H21N.C11H23N/c1-14(2,3)10-8-12-6-7-13(9-10)15(12)11-4-5-11;1-13(2,3)11-5-9-16(10-6-11)12-14-7-4-8-15-12;1-13(2,3)10-5-4-6-12(9-10)14-11-7-8-11;1-10(13)9-14-7-5-11(6-8-14)12(2,3)4;1-12(2,3)10-5-4-8-13(9-10)11-6-7-11;1-10(2)13-8-6-7-11(9-13)12(3,4)5;1-5-8-13-9-6-11(7-10-13)12(2,3)4;1-5-12-8-6-7-10(9-12)11(2,3)4/h10-13H,4-9H2,1-3H3;4,7-8,11H,5-6,9-10H2,1-3H3;10-12,14H,4-9H2,1-3H3;10-11H,5-9H2,1-4H3;10-11H,4-9H2,1-3H3;10-11H,6-9H2,1-5H3;1,11H,6-10H2,2-4H3;10H,5-9H2,1-4H3. The van der Waals surface area contributed by atoms with Gasteiger partial charge in [-0.2, -0.15) is 0 Å². The Labute approximate surface area is 685 Å². The molecule has 8 saturated heterocycles. The summed E-state index contributed by atoms with van der Waals surface area (Å²) in [5.41, 5.74) is 3.91. The average molecular weight is 1540 g/mol. The second-order valence-electron chi connectivity index (χ2n) is 46.8. The minimum atomic E-state index is -0.679. The lowest BCUT2D eigenvalue weighted by Gasteiger charge is -2.44. The molecule has 8 atom stereocenters. The highest BCUT2D eigenvalue weighted by Crippen LogP contribution is 2.50. The number of fused-ring (bicyclic) bond motifs is 2. The molecule has 13 rings (SSSR count). The summed E-state index contributed by atoms with van der Waals surface area (Å²) in [5, 5.41) is 3.79. The maximum Gasteiger partial charge on any atom is 0.225 e. The quantitative estimate of drug-likeness (QED) is 0.229. The fraction of sp³-hybridized carbons (Fsp3) is 0.939. The van der Waals surface area contributed by atoms with Crippen LogP contribution >= 0.6 is 0 Å². The van der Waals surface area contributed by atoms with Gasteiger partial charge in [-0.3, -0.25) is 9.80 Å². The van der Waals surface area contributed by atoms with Gasteiger partial charge in [-0.15, -0.1) is 6.42 Å². The van der Waals surface area contributed by atoms with Crippen LogP contribution in [0.15, 0.2) is 18.5 Å². The number of rotatable bonds is 10. The summed E-state index contributed by atoms with van der Waals surface area (Å²) in [5.74, 6) is 10.8. The van der Waals surface area contributed by atoms with Crippen molar-refractivity contribution in [3.05, 3.63) is 18.5 Å². The lowest BCUT2D eigenvalue weighted by Crippen LogP contribution is -2.46.